The van der Waals surface area contributed by atoms with Crippen LogP contribution in [0.1, 0.15) is 23.7 Å². The number of amides is 2. The lowest BCUT2D eigenvalue weighted by atomic mass is 9.97. The molecule has 1 aromatic heterocycles. The van der Waals surface area contributed by atoms with Crippen molar-refractivity contribution in [2.24, 2.45) is 11.7 Å². The third-order valence-electron chi connectivity index (χ3n) is 4.66. The molecule has 0 unspecified atom stereocenters. The van der Waals surface area contributed by atoms with Crippen LogP contribution in [0.5, 0.6) is 11.6 Å². The quantitative estimate of drug-likeness (QED) is 0.813. The van der Waals surface area contributed by atoms with Crippen molar-refractivity contribution in [2.45, 2.75) is 25.6 Å². The largest absolute Gasteiger partial charge is 0.496 e. The molecule has 1 saturated heterocycles. The van der Waals surface area contributed by atoms with Gasteiger partial charge in [0.15, 0.2) is 6.17 Å². The summed E-state index contributed by atoms with van der Waals surface area (Å²) in [6.07, 6.45) is 0.539. The van der Waals surface area contributed by atoms with E-state index in [1.54, 1.807) is 18.2 Å². The summed E-state index contributed by atoms with van der Waals surface area (Å²) in [7, 11) is 1.44. The molecule has 2 amide bonds. The number of carbonyl (C=O) groups is 2. The summed E-state index contributed by atoms with van der Waals surface area (Å²) in [6.45, 7) is 1.92. The smallest absolute Gasteiger partial charge is 0.255 e. The van der Waals surface area contributed by atoms with Crippen molar-refractivity contribution < 1.29 is 23.5 Å². The molecule has 138 valence electrons. The second-order valence-corrected chi connectivity index (χ2v) is 6.15. The maximum absolute atomic E-state index is 13.9. The van der Waals surface area contributed by atoms with Crippen LogP contribution in [0, 0.1) is 5.92 Å². The van der Waals surface area contributed by atoms with Crippen molar-refractivity contribution in [2.75, 3.05) is 13.7 Å². The number of aromatic nitrogens is 1. The highest BCUT2D eigenvalue weighted by atomic mass is 19.1. The van der Waals surface area contributed by atoms with Gasteiger partial charge >= 0.3 is 0 Å². The number of pyridine rings is 1. The molecule has 0 aliphatic carbocycles. The summed E-state index contributed by atoms with van der Waals surface area (Å²) < 4.78 is 24.9. The molecule has 1 aliphatic rings. The van der Waals surface area contributed by atoms with E-state index >= 15 is 0 Å². The average Bonchev–Trinajstić information content (AvgIpc) is 2.91. The summed E-state index contributed by atoms with van der Waals surface area (Å²) >= 11 is 0. The lowest BCUT2D eigenvalue weighted by Gasteiger charge is -2.19. The Morgan fingerprint density at radius 1 is 1.42 bits per heavy atom. The third kappa shape index (κ3) is 3.14. The highest BCUT2D eigenvalue weighted by Gasteiger charge is 2.41. The van der Waals surface area contributed by atoms with Crippen molar-refractivity contribution in [1.82, 2.24) is 10.3 Å². The number of nitrogens with one attached hydrogen (secondary N) is 1. The molecule has 2 aromatic rings. The van der Waals surface area contributed by atoms with Gasteiger partial charge in [-0.1, -0.05) is 6.92 Å². The van der Waals surface area contributed by atoms with Crippen LogP contribution in [-0.4, -0.2) is 42.7 Å². The number of carbonyl (C=O) groups excluding carboxylic acids is 2. The number of halogens is 1. The molecule has 8 heteroatoms. The van der Waals surface area contributed by atoms with E-state index in [1.807, 2.05) is 6.92 Å². The first kappa shape index (κ1) is 17.9. The van der Waals surface area contributed by atoms with Gasteiger partial charge < -0.3 is 20.5 Å². The molecule has 3 rings (SSSR count). The van der Waals surface area contributed by atoms with Gasteiger partial charge in [0, 0.05) is 17.5 Å². The van der Waals surface area contributed by atoms with E-state index in [-0.39, 0.29) is 12.2 Å². The molecule has 0 spiro atoms. The molecule has 3 atom stereocenters. The Morgan fingerprint density at radius 2 is 2.19 bits per heavy atom. The Labute approximate surface area is 149 Å². The van der Waals surface area contributed by atoms with E-state index in [0.29, 0.717) is 28.8 Å². The van der Waals surface area contributed by atoms with E-state index in [4.69, 9.17) is 15.2 Å². The number of nitrogens with two attached hydrogens (primary N) is 1. The van der Waals surface area contributed by atoms with Crippen LogP contribution in [0.25, 0.3) is 10.8 Å². The van der Waals surface area contributed by atoms with Gasteiger partial charge in [-0.15, -0.1) is 0 Å². The van der Waals surface area contributed by atoms with Crippen molar-refractivity contribution in [3.63, 3.8) is 0 Å². The number of fused-ring (bicyclic) bond motifs is 1. The summed E-state index contributed by atoms with van der Waals surface area (Å²) in [5, 5.41) is 3.95. The van der Waals surface area contributed by atoms with Gasteiger partial charge in [0.05, 0.1) is 18.7 Å². The second-order valence-electron chi connectivity index (χ2n) is 6.15. The van der Waals surface area contributed by atoms with E-state index < -0.39 is 29.9 Å². The van der Waals surface area contributed by atoms with E-state index in [1.165, 1.54) is 13.3 Å². The molecule has 7 nitrogen and oxygen atoms in total. The predicted octanol–water partition coefficient (Wildman–Crippen LogP) is 1.58. The Morgan fingerprint density at radius 3 is 2.85 bits per heavy atom. The molecular formula is C18H20FN3O4. The van der Waals surface area contributed by atoms with Crippen LogP contribution < -0.4 is 20.5 Å². The third-order valence-corrected chi connectivity index (χ3v) is 4.66. The van der Waals surface area contributed by atoms with E-state index in [0.717, 1.165) is 0 Å². The highest BCUT2D eigenvalue weighted by Crippen LogP contribution is 2.31. The van der Waals surface area contributed by atoms with Crippen molar-refractivity contribution in [1.29, 1.82) is 0 Å². The number of primary amides is 1. The van der Waals surface area contributed by atoms with Crippen LogP contribution in [0.3, 0.4) is 0 Å². The number of methoxy groups -OCH3 is 1. The van der Waals surface area contributed by atoms with E-state index in [2.05, 4.69) is 10.3 Å². The number of alkyl halides is 1. The van der Waals surface area contributed by atoms with Crippen LogP contribution >= 0.6 is 0 Å². The maximum atomic E-state index is 13.9. The molecule has 0 bridgehead atoms. The number of ether oxygens (including phenoxy) is 2. The van der Waals surface area contributed by atoms with Crippen molar-refractivity contribution >= 4 is 22.6 Å². The SMILES string of the molecule is CC[C@H]1[C@@H](COc2nccc3cc(C(N)=O)c(OC)cc23)NC(=O)[C@@H]1F. The predicted molar refractivity (Wildman–Crippen MR) is 92.9 cm³/mol. The molecule has 1 aliphatic heterocycles. The molecular weight excluding hydrogens is 341 g/mol. The zero-order valence-corrected chi connectivity index (χ0v) is 14.5. The minimum atomic E-state index is -1.52. The standard InChI is InChI=1S/C18H20FN3O4/c1-3-10-13(22-17(24)15(10)19)8-26-18-11-7-14(25-2)12(16(20)23)6-9(11)4-5-21-18/h4-7,10,13,15H,3,8H2,1-2H3,(H2,20,23)(H,22,24)/t10-,13+,15+/m0/s1. The minimum Gasteiger partial charge on any atom is -0.496 e. The zero-order chi connectivity index (χ0) is 18.8. The fraction of sp³-hybridized carbons (Fsp3) is 0.389. The molecule has 0 radical (unpaired) electrons. The first-order valence-corrected chi connectivity index (χ1v) is 8.30. The lowest BCUT2D eigenvalue weighted by Crippen LogP contribution is -2.34. The summed E-state index contributed by atoms with van der Waals surface area (Å²) in [6, 6.07) is 4.53. The number of hydrogen-bond acceptors (Lipinski definition) is 5. The topological polar surface area (TPSA) is 104 Å². The van der Waals surface area contributed by atoms with Gasteiger partial charge in [0.25, 0.3) is 11.8 Å². The Balaban J connectivity index is 1.89. The summed E-state index contributed by atoms with van der Waals surface area (Å²) in [4.78, 5) is 27.3. The van der Waals surface area contributed by atoms with Gasteiger partial charge in [0.2, 0.25) is 5.88 Å². The Hall–Kier alpha value is -2.90. The molecule has 3 N–H and O–H groups in total. The molecule has 2 heterocycles. The highest BCUT2D eigenvalue weighted by molar-refractivity contribution is 6.01. The molecule has 1 fully saturated rings. The number of hydrogen-bond donors (Lipinski definition) is 2. The first-order valence-electron chi connectivity index (χ1n) is 8.30. The zero-order valence-electron chi connectivity index (χ0n) is 14.5. The van der Waals surface area contributed by atoms with Gasteiger partial charge in [-0.25, -0.2) is 9.37 Å². The van der Waals surface area contributed by atoms with E-state index in [9.17, 15) is 14.0 Å². The monoisotopic (exact) mass is 361 g/mol. The average molecular weight is 361 g/mol. The fourth-order valence-corrected chi connectivity index (χ4v) is 3.24. The second kappa shape index (κ2) is 7.15. The number of rotatable bonds is 6. The number of nitrogens with zero attached hydrogens (tertiary/aromatic N) is 1. The first-order chi connectivity index (χ1) is 12.5. The van der Waals surface area contributed by atoms with Gasteiger partial charge in [0.1, 0.15) is 12.4 Å². The minimum absolute atomic E-state index is 0.0939. The van der Waals surface area contributed by atoms with Crippen LogP contribution in [0.2, 0.25) is 0 Å². The normalized spacial score (nSPS) is 22.3. The van der Waals surface area contributed by atoms with Gasteiger partial charge in [-0.3, -0.25) is 9.59 Å². The molecule has 1 aromatic carbocycles. The maximum Gasteiger partial charge on any atom is 0.255 e. The molecule has 0 saturated carbocycles. The number of benzene rings is 1. The Kier molecular flexibility index (Phi) is 4.92. The van der Waals surface area contributed by atoms with Crippen LogP contribution in [0.4, 0.5) is 4.39 Å². The summed E-state index contributed by atoms with van der Waals surface area (Å²) in [5.74, 6) is -1.02. The lowest BCUT2D eigenvalue weighted by molar-refractivity contribution is -0.123. The van der Waals surface area contributed by atoms with Crippen LogP contribution in [-0.2, 0) is 4.79 Å². The fourth-order valence-electron chi connectivity index (χ4n) is 3.24. The van der Waals surface area contributed by atoms with Crippen LogP contribution in [0.15, 0.2) is 24.4 Å². The molecule has 26 heavy (non-hydrogen) atoms. The van der Waals surface area contributed by atoms with Gasteiger partial charge in [-0.2, -0.15) is 0 Å². The van der Waals surface area contributed by atoms with Crippen molar-refractivity contribution in [3.8, 4) is 11.6 Å². The summed E-state index contributed by atoms with van der Waals surface area (Å²) in [5.41, 5.74) is 5.63. The van der Waals surface area contributed by atoms with Gasteiger partial charge in [-0.05, 0) is 30.0 Å². The van der Waals surface area contributed by atoms with Crippen molar-refractivity contribution in [3.05, 3.63) is 30.0 Å². The Bertz CT molecular complexity index is 858.